The number of amides is 2. The second-order valence-corrected chi connectivity index (χ2v) is 3.72. The summed E-state index contributed by atoms with van der Waals surface area (Å²) in [5.41, 5.74) is 4.52. The van der Waals surface area contributed by atoms with E-state index < -0.39 is 0 Å². The zero-order valence-corrected chi connectivity index (χ0v) is 11.8. The van der Waals surface area contributed by atoms with Crippen molar-refractivity contribution >= 4 is 11.7 Å². The molecule has 0 aliphatic heterocycles. The van der Waals surface area contributed by atoms with Gasteiger partial charge < -0.3 is 10.6 Å². The molecule has 96 valence electrons. The molecule has 17 heavy (non-hydrogen) atoms. The maximum absolute atomic E-state index is 11.3. The van der Waals surface area contributed by atoms with Crippen LogP contribution in [0.5, 0.6) is 0 Å². The van der Waals surface area contributed by atoms with Gasteiger partial charge in [0.1, 0.15) is 0 Å². The van der Waals surface area contributed by atoms with Crippen LogP contribution in [-0.2, 0) is 0 Å². The number of carbonyl (C=O) groups is 1. The van der Waals surface area contributed by atoms with Crippen LogP contribution in [0.4, 0.5) is 10.5 Å². The Morgan fingerprint density at radius 2 is 1.59 bits per heavy atom. The van der Waals surface area contributed by atoms with Crippen molar-refractivity contribution in [1.82, 2.24) is 5.32 Å². The standard InChI is InChI=1S/C12H18N2O.C2H6/c1-5-13-12(15)14-11-6-8(2)10(4)9(3)7-11;1-2/h6-7H,5H2,1-4H3,(H2,13,14,15);1-2H3. The summed E-state index contributed by atoms with van der Waals surface area (Å²) < 4.78 is 0. The average Bonchev–Trinajstić information content (AvgIpc) is 2.29. The van der Waals surface area contributed by atoms with Gasteiger partial charge >= 0.3 is 6.03 Å². The molecule has 1 rings (SSSR count). The molecular weight excluding hydrogens is 212 g/mol. The van der Waals surface area contributed by atoms with Crippen molar-refractivity contribution in [2.45, 2.75) is 41.5 Å². The molecule has 0 heterocycles. The van der Waals surface area contributed by atoms with E-state index in [1.807, 2.05) is 46.8 Å². The van der Waals surface area contributed by atoms with Crippen molar-refractivity contribution in [2.75, 3.05) is 11.9 Å². The first-order valence-electron chi connectivity index (χ1n) is 6.17. The van der Waals surface area contributed by atoms with Crippen molar-refractivity contribution < 1.29 is 4.79 Å². The number of nitrogens with one attached hydrogen (secondary N) is 2. The van der Waals surface area contributed by atoms with E-state index in [0.29, 0.717) is 6.54 Å². The molecule has 0 radical (unpaired) electrons. The highest BCUT2D eigenvalue weighted by Gasteiger charge is 2.03. The molecule has 1 aromatic carbocycles. The van der Waals surface area contributed by atoms with Crippen LogP contribution in [0.2, 0.25) is 0 Å². The number of hydrogen-bond acceptors (Lipinski definition) is 1. The summed E-state index contributed by atoms with van der Waals surface area (Å²) in [5.74, 6) is 0. The molecule has 0 saturated heterocycles. The van der Waals surface area contributed by atoms with Crippen molar-refractivity contribution in [3.05, 3.63) is 28.8 Å². The van der Waals surface area contributed by atoms with E-state index >= 15 is 0 Å². The van der Waals surface area contributed by atoms with Gasteiger partial charge in [-0.25, -0.2) is 4.79 Å². The van der Waals surface area contributed by atoms with Crippen LogP contribution >= 0.6 is 0 Å². The number of urea groups is 1. The zero-order valence-electron chi connectivity index (χ0n) is 11.8. The van der Waals surface area contributed by atoms with Crippen molar-refractivity contribution in [1.29, 1.82) is 0 Å². The predicted octanol–water partition coefficient (Wildman–Crippen LogP) is 3.78. The van der Waals surface area contributed by atoms with E-state index in [2.05, 4.69) is 17.6 Å². The summed E-state index contributed by atoms with van der Waals surface area (Å²) in [6.07, 6.45) is 0. The molecular formula is C14H24N2O. The summed E-state index contributed by atoms with van der Waals surface area (Å²) in [6, 6.07) is 3.81. The van der Waals surface area contributed by atoms with Gasteiger partial charge in [-0.1, -0.05) is 13.8 Å². The van der Waals surface area contributed by atoms with Gasteiger partial charge in [0.2, 0.25) is 0 Å². The topological polar surface area (TPSA) is 41.1 Å². The Bertz CT molecular complexity index is 349. The molecule has 0 unspecified atom stereocenters. The minimum atomic E-state index is -0.153. The molecule has 2 N–H and O–H groups in total. The SMILES string of the molecule is CC.CCNC(=O)Nc1cc(C)c(C)c(C)c1. The highest BCUT2D eigenvalue weighted by Crippen LogP contribution is 2.18. The third-order valence-electron chi connectivity index (χ3n) is 2.52. The monoisotopic (exact) mass is 236 g/mol. The van der Waals surface area contributed by atoms with Crippen LogP contribution < -0.4 is 10.6 Å². The number of rotatable bonds is 2. The molecule has 0 aliphatic rings. The van der Waals surface area contributed by atoms with Gasteiger partial charge in [0.25, 0.3) is 0 Å². The molecule has 0 aromatic heterocycles. The maximum atomic E-state index is 11.3. The van der Waals surface area contributed by atoms with Crippen LogP contribution in [0.3, 0.4) is 0 Å². The number of hydrogen-bond donors (Lipinski definition) is 2. The molecule has 0 spiro atoms. The largest absolute Gasteiger partial charge is 0.338 e. The van der Waals surface area contributed by atoms with Crippen molar-refractivity contribution in [2.24, 2.45) is 0 Å². The molecule has 0 aliphatic carbocycles. The lowest BCUT2D eigenvalue weighted by atomic mass is 10.0. The van der Waals surface area contributed by atoms with E-state index in [1.165, 1.54) is 16.7 Å². The predicted molar refractivity (Wildman–Crippen MR) is 74.7 cm³/mol. The first-order chi connectivity index (χ1) is 8.04. The third-order valence-corrected chi connectivity index (χ3v) is 2.52. The Morgan fingerprint density at radius 3 is 2.00 bits per heavy atom. The molecule has 0 bridgehead atoms. The molecule has 2 amide bonds. The van der Waals surface area contributed by atoms with Gasteiger partial charge in [-0.2, -0.15) is 0 Å². The summed E-state index contributed by atoms with van der Waals surface area (Å²) in [7, 11) is 0. The molecule has 0 atom stereocenters. The van der Waals surface area contributed by atoms with Gasteiger partial charge in [-0.3, -0.25) is 0 Å². The number of benzene rings is 1. The second-order valence-electron chi connectivity index (χ2n) is 3.72. The average molecular weight is 236 g/mol. The molecule has 0 fully saturated rings. The summed E-state index contributed by atoms with van der Waals surface area (Å²) in [5, 5.41) is 5.50. The lowest BCUT2D eigenvalue weighted by Gasteiger charge is -2.10. The van der Waals surface area contributed by atoms with E-state index in [0.717, 1.165) is 5.69 Å². The van der Waals surface area contributed by atoms with Crippen LogP contribution in [0.1, 0.15) is 37.5 Å². The lowest BCUT2D eigenvalue weighted by Crippen LogP contribution is -2.28. The van der Waals surface area contributed by atoms with Crippen LogP contribution in [0, 0.1) is 20.8 Å². The minimum absolute atomic E-state index is 0.153. The Hall–Kier alpha value is -1.51. The second kappa shape index (κ2) is 7.71. The quantitative estimate of drug-likeness (QED) is 0.806. The highest BCUT2D eigenvalue weighted by molar-refractivity contribution is 5.89. The van der Waals surface area contributed by atoms with Crippen LogP contribution in [0.25, 0.3) is 0 Å². The Kier molecular flexibility index (Phi) is 7.03. The fourth-order valence-electron chi connectivity index (χ4n) is 1.44. The van der Waals surface area contributed by atoms with Gasteiger partial charge in [0.15, 0.2) is 0 Å². The first kappa shape index (κ1) is 15.5. The first-order valence-corrected chi connectivity index (χ1v) is 6.17. The number of aryl methyl sites for hydroxylation is 2. The van der Waals surface area contributed by atoms with Gasteiger partial charge in [-0.05, 0) is 56.5 Å². The van der Waals surface area contributed by atoms with E-state index in [1.54, 1.807) is 0 Å². The molecule has 1 aromatic rings. The minimum Gasteiger partial charge on any atom is -0.338 e. The molecule has 3 nitrogen and oxygen atoms in total. The fraction of sp³-hybridized carbons (Fsp3) is 0.500. The van der Waals surface area contributed by atoms with E-state index in [9.17, 15) is 4.79 Å². The highest BCUT2D eigenvalue weighted by atomic mass is 16.2. The Balaban J connectivity index is 0.00000121. The van der Waals surface area contributed by atoms with Crippen molar-refractivity contribution in [3.63, 3.8) is 0 Å². The van der Waals surface area contributed by atoms with Crippen LogP contribution in [-0.4, -0.2) is 12.6 Å². The summed E-state index contributed by atoms with van der Waals surface area (Å²) in [4.78, 5) is 11.3. The zero-order chi connectivity index (χ0) is 13.4. The fourth-order valence-corrected chi connectivity index (χ4v) is 1.44. The third kappa shape index (κ3) is 4.89. The van der Waals surface area contributed by atoms with E-state index in [4.69, 9.17) is 0 Å². The van der Waals surface area contributed by atoms with Gasteiger partial charge in [0.05, 0.1) is 0 Å². The lowest BCUT2D eigenvalue weighted by molar-refractivity contribution is 0.252. The molecule has 3 heteroatoms. The van der Waals surface area contributed by atoms with Gasteiger partial charge in [0, 0.05) is 12.2 Å². The van der Waals surface area contributed by atoms with Crippen molar-refractivity contribution in [3.8, 4) is 0 Å². The smallest absolute Gasteiger partial charge is 0.319 e. The Labute approximate surface area is 105 Å². The molecule has 0 saturated carbocycles. The Morgan fingerprint density at radius 1 is 1.12 bits per heavy atom. The van der Waals surface area contributed by atoms with Gasteiger partial charge in [-0.15, -0.1) is 0 Å². The normalized spacial score (nSPS) is 9.06. The van der Waals surface area contributed by atoms with Crippen LogP contribution in [0.15, 0.2) is 12.1 Å². The van der Waals surface area contributed by atoms with E-state index in [-0.39, 0.29) is 6.03 Å². The summed E-state index contributed by atoms with van der Waals surface area (Å²) >= 11 is 0. The maximum Gasteiger partial charge on any atom is 0.319 e. The summed E-state index contributed by atoms with van der Waals surface area (Å²) in [6.45, 7) is 12.7. The number of anilines is 1. The number of carbonyl (C=O) groups excluding carboxylic acids is 1.